The van der Waals surface area contributed by atoms with Crippen molar-refractivity contribution in [2.45, 2.75) is 26.7 Å². The summed E-state index contributed by atoms with van der Waals surface area (Å²) in [4.78, 5) is 23.3. The van der Waals surface area contributed by atoms with E-state index in [2.05, 4.69) is 15.7 Å². The lowest BCUT2D eigenvalue weighted by Gasteiger charge is -2.19. The molecule has 1 aliphatic rings. The number of rotatable bonds is 4. The van der Waals surface area contributed by atoms with Crippen molar-refractivity contribution in [3.8, 4) is 0 Å². The minimum absolute atomic E-state index is 0.0783. The quantitative estimate of drug-likeness (QED) is 0.735. The van der Waals surface area contributed by atoms with Gasteiger partial charge in [-0.3, -0.25) is 9.59 Å². The molecular weight excluding hydrogens is 244 g/mol. The first-order valence-electron chi connectivity index (χ1n) is 6.12. The molecule has 0 spiro atoms. The zero-order valence-electron chi connectivity index (χ0n) is 11.8. The largest absolute Gasteiger partial charge is 0.375 e. The second-order valence-electron chi connectivity index (χ2n) is 4.49. The molecule has 0 saturated carbocycles. The molecular formula is C13H20N4O2. The Morgan fingerprint density at radius 2 is 2.00 bits per heavy atom. The van der Waals surface area contributed by atoms with Crippen LogP contribution in [0.5, 0.6) is 0 Å². The van der Waals surface area contributed by atoms with Gasteiger partial charge in [0.05, 0.1) is 0 Å². The minimum atomic E-state index is -0.290. The van der Waals surface area contributed by atoms with Crippen molar-refractivity contribution in [2.75, 3.05) is 14.1 Å². The molecule has 2 amide bonds. The predicted molar refractivity (Wildman–Crippen MR) is 74.2 cm³/mol. The summed E-state index contributed by atoms with van der Waals surface area (Å²) in [6.07, 6.45) is 4.36. The smallest absolute Gasteiger partial charge is 0.272 e. The molecule has 0 aromatic carbocycles. The Morgan fingerprint density at radius 1 is 1.32 bits per heavy atom. The number of nitrogens with one attached hydrogen (secondary N) is 2. The number of nitrogens with zero attached hydrogens (tertiary/aromatic N) is 2. The van der Waals surface area contributed by atoms with Gasteiger partial charge in [-0.15, -0.1) is 0 Å². The van der Waals surface area contributed by atoms with Gasteiger partial charge in [0.25, 0.3) is 5.91 Å². The van der Waals surface area contributed by atoms with Crippen LogP contribution in [0, 0.1) is 0 Å². The number of hydrogen-bond acceptors (Lipinski definition) is 4. The second kappa shape index (κ2) is 6.72. The molecule has 1 heterocycles. The number of hydrogen-bond donors (Lipinski definition) is 2. The lowest BCUT2D eigenvalue weighted by molar-refractivity contribution is -0.130. The molecule has 19 heavy (non-hydrogen) atoms. The molecule has 6 nitrogen and oxygen atoms in total. The summed E-state index contributed by atoms with van der Waals surface area (Å²) in [5.41, 5.74) is 1.49. The van der Waals surface area contributed by atoms with Gasteiger partial charge >= 0.3 is 0 Å². The van der Waals surface area contributed by atoms with E-state index in [1.54, 1.807) is 20.2 Å². The third kappa shape index (κ3) is 4.57. The predicted octanol–water partition coefficient (Wildman–Crippen LogP) is 0.738. The van der Waals surface area contributed by atoms with Gasteiger partial charge in [-0.25, -0.2) is 5.01 Å². The van der Waals surface area contributed by atoms with Crippen molar-refractivity contribution in [3.05, 3.63) is 23.5 Å². The van der Waals surface area contributed by atoms with E-state index in [0.29, 0.717) is 24.4 Å². The first-order chi connectivity index (χ1) is 8.93. The first kappa shape index (κ1) is 14.9. The van der Waals surface area contributed by atoms with E-state index in [0.717, 1.165) is 5.57 Å². The van der Waals surface area contributed by atoms with Gasteiger partial charge in [0.2, 0.25) is 5.91 Å². The van der Waals surface area contributed by atoms with Gasteiger partial charge in [-0.2, -0.15) is 5.10 Å². The highest BCUT2D eigenvalue weighted by Crippen LogP contribution is 2.07. The number of carbonyl (C=O) groups excluding carboxylic acids is 2. The number of hydrazone groups is 1. The highest BCUT2D eigenvalue weighted by atomic mass is 16.2. The summed E-state index contributed by atoms with van der Waals surface area (Å²) in [6, 6.07) is 0. The van der Waals surface area contributed by atoms with Gasteiger partial charge in [0, 0.05) is 26.9 Å². The minimum Gasteiger partial charge on any atom is -0.375 e. The average Bonchev–Trinajstić information content (AvgIpc) is 2.37. The van der Waals surface area contributed by atoms with Gasteiger partial charge in [0.15, 0.2) is 0 Å². The fourth-order valence-electron chi connectivity index (χ4n) is 1.46. The van der Waals surface area contributed by atoms with Gasteiger partial charge in [-0.1, -0.05) is 11.6 Å². The van der Waals surface area contributed by atoms with Crippen molar-refractivity contribution in [3.63, 3.8) is 0 Å². The van der Waals surface area contributed by atoms with E-state index < -0.39 is 0 Å². The Labute approximate surface area is 113 Å². The molecule has 104 valence electrons. The third-order valence-electron chi connectivity index (χ3n) is 2.57. The van der Waals surface area contributed by atoms with Crippen LogP contribution in [0.2, 0.25) is 0 Å². The van der Waals surface area contributed by atoms with Crippen LogP contribution in [-0.2, 0) is 9.59 Å². The van der Waals surface area contributed by atoms with Gasteiger partial charge in [0.1, 0.15) is 11.5 Å². The van der Waals surface area contributed by atoms with Gasteiger partial charge < -0.3 is 10.6 Å². The van der Waals surface area contributed by atoms with Crippen molar-refractivity contribution in [1.29, 1.82) is 0 Å². The Balaban J connectivity index is 2.74. The molecule has 0 unspecified atom stereocenters. The maximum Gasteiger partial charge on any atom is 0.272 e. The standard InChI is InChI=1S/C13H20N4O2/c1-9(2)5-7-11(14-3)15-13(19)10-6-8-12(18)17(4)16-10/h5,7,14H,6,8H2,1-4H3,(H,15,19)/b11-7+. The molecule has 0 aliphatic carbocycles. The molecule has 0 atom stereocenters. The van der Waals surface area contributed by atoms with Crippen LogP contribution in [-0.4, -0.2) is 36.6 Å². The lowest BCUT2D eigenvalue weighted by atomic mass is 10.1. The van der Waals surface area contributed by atoms with Crippen LogP contribution < -0.4 is 10.6 Å². The molecule has 1 aliphatic heterocycles. The maximum absolute atomic E-state index is 12.0. The number of amides is 2. The Hall–Kier alpha value is -2.11. The topological polar surface area (TPSA) is 73.8 Å². The van der Waals surface area contributed by atoms with E-state index >= 15 is 0 Å². The maximum atomic E-state index is 12.0. The molecule has 6 heteroatoms. The molecule has 2 N–H and O–H groups in total. The lowest BCUT2D eigenvalue weighted by Crippen LogP contribution is -2.39. The molecule has 0 fully saturated rings. The van der Waals surface area contributed by atoms with E-state index in [1.165, 1.54) is 5.01 Å². The van der Waals surface area contributed by atoms with Crippen molar-refractivity contribution in [2.24, 2.45) is 5.10 Å². The molecule has 0 saturated heterocycles. The molecule has 0 bridgehead atoms. The summed E-state index contributed by atoms with van der Waals surface area (Å²) < 4.78 is 0. The Morgan fingerprint density at radius 3 is 2.53 bits per heavy atom. The first-order valence-corrected chi connectivity index (χ1v) is 6.12. The summed E-state index contributed by atoms with van der Waals surface area (Å²) in [5, 5.41) is 10.8. The molecule has 0 aromatic rings. The molecule has 0 aromatic heterocycles. The van der Waals surface area contributed by atoms with E-state index in [1.807, 2.05) is 19.9 Å². The van der Waals surface area contributed by atoms with Crippen LogP contribution in [0.15, 0.2) is 28.6 Å². The van der Waals surface area contributed by atoms with Crippen LogP contribution in [0.3, 0.4) is 0 Å². The second-order valence-corrected chi connectivity index (χ2v) is 4.49. The fourth-order valence-corrected chi connectivity index (χ4v) is 1.46. The summed E-state index contributed by atoms with van der Waals surface area (Å²) >= 11 is 0. The molecule has 0 radical (unpaired) electrons. The SMILES string of the molecule is CN/C(=C\C=C(C)C)NC(=O)C1=NN(C)C(=O)CC1. The van der Waals surface area contributed by atoms with Crippen LogP contribution in [0.4, 0.5) is 0 Å². The van der Waals surface area contributed by atoms with Gasteiger partial charge in [-0.05, 0) is 19.9 Å². The summed E-state index contributed by atoms with van der Waals surface area (Å²) in [6.45, 7) is 3.94. The molecule has 1 rings (SSSR count). The van der Waals surface area contributed by atoms with Crippen LogP contribution in [0.25, 0.3) is 0 Å². The monoisotopic (exact) mass is 264 g/mol. The highest BCUT2D eigenvalue weighted by Gasteiger charge is 2.22. The van der Waals surface area contributed by atoms with Crippen LogP contribution in [0.1, 0.15) is 26.7 Å². The Kier molecular flexibility index (Phi) is 5.29. The number of carbonyl (C=O) groups is 2. The van der Waals surface area contributed by atoms with Crippen molar-refractivity contribution < 1.29 is 9.59 Å². The number of allylic oxidation sites excluding steroid dienone is 3. The zero-order valence-corrected chi connectivity index (χ0v) is 11.8. The van der Waals surface area contributed by atoms with Crippen LogP contribution >= 0.6 is 0 Å². The normalized spacial score (nSPS) is 15.8. The average molecular weight is 264 g/mol. The fraction of sp³-hybridized carbons (Fsp3) is 0.462. The zero-order chi connectivity index (χ0) is 14.4. The van der Waals surface area contributed by atoms with Crippen molar-refractivity contribution >= 4 is 17.5 Å². The van der Waals surface area contributed by atoms with E-state index in [4.69, 9.17) is 0 Å². The van der Waals surface area contributed by atoms with Crippen molar-refractivity contribution in [1.82, 2.24) is 15.6 Å². The summed E-state index contributed by atoms with van der Waals surface area (Å²) in [5.74, 6) is 0.223. The Bertz CT molecular complexity index is 459. The van der Waals surface area contributed by atoms with E-state index in [-0.39, 0.29) is 11.8 Å². The highest BCUT2D eigenvalue weighted by molar-refractivity contribution is 6.39. The van der Waals surface area contributed by atoms with E-state index in [9.17, 15) is 9.59 Å². The third-order valence-corrected chi connectivity index (χ3v) is 2.57. The summed E-state index contributed by atoms with van der Waals surface area (Å²) in [7, 11) is 3.27.